The molecule has 6 nitrogen and oxygen atoms in total. The molecule has 1 aliphatic rings. The summed E-state index contributed by atoms with van der Waals surface area (Å²) in [5.41, 5.74) is 0. The highest BCUT2D eigenvalue weighted by atomic mass is 16.4. The first-order valence-electron chi connectivity index (χ1n) is 5.44. The number of carboxylic acids is 1. The largest absolute Gasteiger partial charge is 0.480 e. The highest BCUT2D eigenvalue weighted by Crippen LogP contribution is 2.03. The summed E-state index contributed by atoms with van der Waals surface area (Å²) in [5.74, 6) is -0.735. The van der Waals surface area contributed by atoms with Gasteiger partial charge in [-0.2, -0.15) is 0 Å². The van der Waals surface area contributed by atoms with Crippen LogP contribution >= 0.6 is 0 Å². The molecular formula is C10H19N3O3. The topological polar surface area (TPSA) is 72.9 Å². The molecule has 1 fully saturated rings. The molecule has 0 bridgehead atoms. The van der Waals surface area contributed by atoms with Crippen molar-refractivity contribution in [1.29, 1.82) is 0 Å². The summed E-state index contributed by atoms with van der Waals surface area (Å²) in [5, 5.41) is 11.5. The minimum absolute atomic E-state index is 0.0591. The number of piperazine rings is 1. The highest BCUT2D eigenvalue weighted by Gasteiger charge is 2.24. The minimum atomic E-state index is -0.816. The fourth-order valence-electron chi connectivity index (χ4n) is 1.71. The second-order valence-corrected chi connectivity index (χ2v) is 4.01. The van der Waals surface area contributed by atoms with Crippen molar-refractivity contribution in [2.24, 2.45) is 0 Å². The molecule has 0 aromatic carbocycles. The van der Waals surface area contributed by atoms with Crippen molar-refractivity contribution in [3.8, 4) is 0 Å². The average Bonchev–Trinajstić information content (AvgIpc) is 2.27. The number of aliphatic carboxylic acids is 1. The van der Waals surface area contributed by atoms with Gasteiger partial charge in [-0.15, -0.1) is 0 Å². The van der Waals surface area contributed by atoms with E-state index in [1.807, 2.05) is 11.8 Å². The van der Waals surface area contributed by atoms with E-state index in [1.54, 1.807) is 11.9 Å². The van der Waals surface area contributed by atoms with Gasteiger partial charge < -0.3 is 15.3 Å². The molecule has 1 heterocycles. The van der Waals surface area contributed by atoms with Gasteiger partial charge >= 0.3 is 5.97 Å². The highest BCUT2D eigenvalue weighted by molar-refractivity contribution is 5.81. The molecule has 6 heteroatoms. The first-order chi connectivity index (χ1) is 7.54. The van der Waals surface area contributed by atoms with Crippen LogP contribution in [0.15, 0.2) is 0 Å². The molecule has 0 spiro atoms. The molecule has 1 atom stereocenters. The molecule has 1 amide bonds. The number of hydrogen-bond acceptors (Lipinski definition) is 4. The van der Waals surface area contributed by atoms with Crippen molar-refractivity contribution in [3.05, 3.63) is 0 Å². The monoisotopic (exact) mass is 229 g/mol. The smallest absolute Gasteiger partial charge is 0.317 e. The number of likely N-dealkylation sites (N-methyl/N-ethyl adjacent to an activating group) is 1. The Hall–Kier alpha value is -1.14. The zero-order chi connectivity index (χ0) is 12.1. The maximum absolute atomic E-state index is 11.8. The molecule has 16 heavy (non-hydrogen) atoms. The Morgan fingerprint density at radius 2 is 1.88 bits per heavy atom. The van der Waals surface area contributed by atoms with E-state index in [2.05, 4.69) is 5.32 Å². The van der Waals surface area contributed by atoms with Gasteiger partial charge in [0, 0.05) is 26.2 Å². The van der Waals surface area contributed by atoms with Gasteiger partial charge in [-0.25, -0.2) is 0 Å². The number of nitrogens with one attached hydrogen (secondary N) is 1. The van der Waals surface area contributed by atoms with Crippen LogP contribution in [0.2, 0.25) is 0 Å². The predicted molar refractivity (Wildman–Crippen MR) is 59.2 cm³/mol. The third-order valence-corrected chi connectivity index (χ3v) is 2.85. The number of carbonyl (C=O) groups excluding carboxylic acids is 1. The number of carbonyl (C=O) groups is 2. The number of carboxylic acid groups (broad SMARTS) is 1. The Balaban J connectivity index is 2.37. The number of amides is 1. The first-order valence-corrected chi connectivity index (χ1v) is 5.44. The lowest BCUT2D eigenvalue weighted by molar-refractivity contribution is -0.139. The molecule has 0 radical (unpaired) electrons. The van der Waals surface area contributed by atoms with Crippen LogP contribution in [0, 0.1) is 0 Å². The van der Waals surface area contributed by atoms with Crippen molar-refractivity contribution in [2.75, 3.05) is 39.8 Å². The second-order valence-electron chi connectivity index (χ2n) is 4.01. The van der Waals surface area contributed by atoms with Crippen LogP contribution in [0.3, 0.4) is 0 Å². The van der Waals surface area contributed by atoms with Crippen LogP contribution in [0.5, 0.6) is 0 Å². The predicted octanol–water partition coefficient (Wildman–Crippen LogP) is -1.18. The lowest BCUT2D eigenvalue weighted by atomic mass is 10.2. The third kappa shape index (κ3) is 3.46. The fourth-order valence-corrected chi connectivity index (χ4v) is 1.71. The van der Waals surface area contributed by atoms with E-state index in [0.717, 1.165) is 0 Å². The summed E-state index contributed by atoms with van der Waals surface area (Å²) in [6.07, 6.45) is 0. The zero-order valence-electron chi connectivity index (χ0n) is 9.77. The Bertz CT molecular complexity index is 262. The summed E-state index contributed by atoms with van der Waals surface area (Å²) < 4.78 is 0. The van der Waals surface area contributed by atoms with E-state index in [-0.39, 0.29) is 18.5 Å². The number of rotatable bonds is 4. The Morgan fingerprint density at radius 3 is 2.31 bits per heavy atom. The van der Waals surface area contributed by atoms with Gasteiger partial charge in [0.1, 0.15) is 0 Å². The summed E-state index contributed by atoms with van der Waals surface area (Å²) in [7, 11) is 1.75. The van der Waals surface area contributed by atoms with Crippen LogP contribution in [0.4, 0.5) is 0 Å². The normalized spacial score (nSPS) is 19.5. The Morgan fingerprint density at radius 1 is 1.31 bits per heavy atom. The van der Waals surface area contributed by atoms with Crippen molar-refractivity contribution in [3.63, 3.8) is 0 Å². The van der Waals surface area contributed by atoms with Crippen molar-refractivity contribution in [2.45, 2.75) is 13.0 Å². The van der Waals surface area contributed by atoms with Crippen LogP contribution < -0.4 is 5.32 Å². The van der Waals surface area contributed by atoms with Gasteiger partial charge in [-0.3, -0.25) is 14.5 Å². The van der Waals surface area contributed by atoms with Crippen molar-refractivity contribution >= 4 is 11.9 Å². The molecule has 1 unspecified atom stereocenters. The molecule has 1 saturated heterocycles. The molecule has 1 aliphatic heterocycles. The standard InChI is InChI=1S/C10H19N3O3/c1-8(11-2)10(16)13-5-3-12(4-6-13)7-9(14)15/h8,11H,3-7H2,1-2H3,(H,14,15). The van der Waals surface area contributed by atoms with E-state index in [4.69, 9.17) is 5.11 Å². The zero-order valence-corrected chi connectivity index (χ0v) is 9.77. The first kappa shape index (κ1) is 12.9. The van der Waals surface area contributed by atoms with Gasteiger partial charge in [0.25, 0.3) is 0 Å². The quantitative estimate of drug-likeness (QED) is 0.635. The molecule has 0 aromatic heterocycles. The molecular weight excluding hydrogens is 210 g/mol. The third-order valence-electron chi connectivity index (χ3n) is 2.85. The van der Waals surface area contributed by atoms with Gasteiger partial charge in [-0.05, 0) is 14.0 Å². The van der Waals surface area contributed by atoms with Crippen LogP contribution in [0.1, 0.15) is 6.92 Å². The lowest BCUT2D eigenvalue weighted by Crippen LogP contribution is -2.53. The molecule has 92 valence electrons. The van der Waals surface area contributed by atoms with E-state index < -0.39 is 5.97 Å². The van der Waals surface area contributed by atoms with Crippen LogP contribution in [-0.4, -0.2) is 72.6 Å². The minimum Gasteiger partial charge on any atom is -0.480 e. The number of hydrogen-bond donors (Lipinski definition) is 2. The van der Waals surface area contributed by atoms with Crippen LogP contribution in [0.25, 0.3) is 0 Å². The van der Waals surface area contributed by atoms with Gasteiger partial charge in [-0.1, -0.05) is 0 Å². The molecule has 1 rings (SSSR count). The Labute approximate surface area is 95.2 Å². The van der Waals surface area contributed by atoms with Gasteiger partial charge in [0.2, 0.25) is 5.91 Å². The summed E-state index contributed by atoms with van der Waals surface area (Å²) in [6.45, 7) is 4.37. The molecule has 0 aliphatic carbocycles. The van der Waals surface area contributed by atoms with Crippen LogP contribution in [-0.2, 0) is 9.59 Å². The maximum Gasteiger partial charge on any atom is 0.317 e. The van der Waals surface area contributed by atoms with Crippen molar-refractivity contribution < 1.29 is 14.7 Å². The summed E-state index contributed by atoms with van der Waals surface area (Å²) in [4.78, 5) is 25.9. The second kappa shape index (κ2) is 5.81. The molecule has 0 aromatic rings. The Kier molecular flexibility index (Phi) is 4.70. The molecule has 2 N–H and O–H groups in total. The lowest BCUT2D eigenvalue weighted by Gasteiger charge is -2.35. The van der Waals surface area contributed by atoms with Gasteiger partial charge in [0.15, 0.2) is 0 Å². The maximum atomic E-state index is 11.8. The van der Waals surface area contributed by atoms with E-state index in [9.17, 15) is 9.59 Å². The van der Waals surface area contributed by atoms with E-state index >= 15 is 0 Å². The summed E-state index contributed by atoms with van der Waals surface area (Å²) in [6, 6.07) is -0.175. The summed E-state index contributed by atoms with van der Waals surface area (Å²) >= 11 is 0. The average molecular weight is 229 g/mol. The molecule has 0 saturated carbocycles. The fraction of sp³-hybridized carbons (Fsp3) is 0.800. The van der Waals surface area contributed by atoms with E-state index in [0.29, 0.717) is 26.2 Å². The van der Waals surface area contributed by atoms with Crippen molar-refractivity contribution in [1.82, 2.24) is 15.1 Å². The van der Waals surface area contributed by atoms with Gasteiger partial charge in [0.05, 0.1) is 12.6 Å². The number of nitrogens with zero attached hydrogens (tertiary/aromatic N) is 2. The van der Waals surface area contributed by atoms with E-state index in [1.165, 1.54) is 0 Å². The SMILES string of the molecule is CNC(C)C(=O)N1CCN(CC(=O)O)CC1.